The summed E-state index contributed by atoms with van der Waals surface area (Å²) in [5, 5.41) is 8.31. The lowest BCUT2D eigenvalue weighted by atomic mass is 10.1. The van der Waals surface area contributed by atoms with Gasteiger partial charge in [-0.2, -0.15) is 5.26 Å². The first-order chi connectivity index (χ1) is 8.51. The van der Waals surface area contributed by atoms with Gasteiger partial charge in [-0.3, -0.25) is 9.78 Å². The van der Waals surface area contributed by atoms with Crippen molar-refractivity contribution >= 4 is 17.6 Å². The van der Waals surface area contributed by atoms with E-state index in [1.165, 1.54) is 0 Å². The maximum atomic E-state index is 12.8. The van der Waals surface area contributed by atoms with Crippen molar-refractivity contribution in [3.05, 3.63) is 28.0 Å². The van der Waals surface area contributed by atoms with E-state index in [-0.39, 0.29) is 29.3 Å². The Kier molecular flexibility index (Phi) is 4.98. The van der Waals surface area contributed by atoms with Crippen LogP contribution in [0.3, 0.4) is 0 Å². The van der Waals surface area contributed by atoms with Crippen molar-refractivity contribution in [1.82, 2.24) is 4.98 Å². The van der Waals surface area contributed by atoms with Crippen LogP contribution in [0.4, 0.5) is 8.78 Å². The summed E-state index contributed by atoms with van der Waals surface area (Å²) in [4.78, 5) is 15.0. The van der Waals surface area contributed by atoms with Gasteiger partial charge in [0, 0.05) is 6.20 Å². The topological polar surface area (TPSA) is 63.0 Å². The van der Waals surface area contributed by atoms with E-state index in [4.69, 9.17) is 16.9 Å². The maximum absolute atomic E-state index is 12.8. The second-order valence-corrected chi connectivity index (χ2v) is 3.62. The number of nitriles is 1. The highest BCUT2D eigenvalue weighted by Gasteiger charge is 2.22. The highest BCUT2D eigenvalue weighted by molar-refractivity contribution is 6.32. The third kappa shape index (κ3) is 3.14. The number of ether oxygens (including phenoxy) is 1. The quantitative estimate of drug-likeness (QED) is 0.792. The van der Waals surface area contributed by atoms with Crippen LogP contribution in [0.5, 0.6) is 0 Å². The van der Waals surface area contributed by atoms with Crippen LogP contribution >= 0.6 is 11.6 Å². The molecule has 0 atom stereocenters. The normalized spacial score (nSPS) is 10.2. The van der Waals surface area contributed by atoms with Crippen LogP contribution in [0.1, 0.15) is 30.2 Å². The largest absolute Gasteiger partial charge is 0.466 e. The molecule has 0 radical (unpaired) electrons. The number of alkyl halides is 2. The van der Waals surface area contributed by atoms with E-state index in [2.05, 4.69) is 9.72 Å². The fourth-order valence-electron chi connectivity index (χ4n) is 1.32. The second kappa shape index (κ2) is 6.26. The number of halogens is 3. The monoisotopic (exact) mass is 274 g/mol. The molecule has 0 saturated heterocycles. The third-order valence-corrected chi connectivity index (χ3v) is 2.51. The molecule has 7 heteroatoms. The Morgan fingerprint density at radius 2 is 2.33 bits per heavy atom. The Labute approximate surface area is 107 Å². The minimum Gasteiger partial charge on any atom is -0.466 e. The van der Waals surface area contributed by atoms with Gasteiger partial charge in [0.1, 0.15) is 6.07 Å². The smallest absolute Gasteiger partial charge is 0.311 e. The van der Waals surface area contributed by atoms with Crippen LogP contribution < -0.4 is 0 Å². The first-order valence-corrected chi connectivity index (χ1v) is 5.40. The van der Waals surface area contributed by atoms with Gasteiger partial charge >= 0.3 is 5.97 Å². The summed E-state index contributed by atoms with van der Waals surface area (Å²) in [5.41, 5.74) is -0.930. The van der Waals surface area contributed by atoms with E-state index in [9.17, 15) is 13.6 Å². The fourth-order valence-corrected chi connectivity index (χ4v) is 1.62. The summed E-state index contributed by atoms with van der Waals surface area (Å²) in [6.45, 7) is 1.80. The highest BCUT2D eigenvalue weighted by Crippen LogP contribution is 2.31. The Hall–Kier alpha value is -1.74. The number of esters is 1. The first-order valence-electron chi connectivity index (χ1n) is 5.02. The summed E-state index contributed by atoms with van der Waals surface area (Å²) in [6, 6.07) is 1.58. The zero-order valence-electron chi connectivity index (χ0n) is 9.41. The van der Waals surface area contributed by atoms with Gasteiger partial charge in [-0.15, -0.1) is 0 Å². The summed E-state index contributed by atoms with van der Waals surface area (Å²) >= 11 is 5.73. The van der Waals surface area contributed by atoms with Gasteiger partial charge in [0.25, 0.3) is 6.43 Å². The first kappa shape index (κ1) is 14.3. The van der Waals surface area contributed by atoms with Crippen LogP contribution in [0.15, 0.2) is 6.20 Å². The molecule has 0 N–H and O–H groups in total. The van der Waals surface area contributed by atoms with Crippen molar-refractivity contribution in [3.8, 4) is 6.07 Å². The van der Waals surface area contributed by atoms with Gasteiger partial charge in [-0.05, 0) is 6.92 Å². The number of aromatic nitrogens is 1. The summed E-state index contributed by atoms with van der Waals surface area (Å²) < 4.78 is 30.2. The number of nitrogens with zero attached hydrogens (tertiary/aromatic N) is 2. The molecular formula is C11H9ClF2N2O2. The molecule has 0 aromatic carbocycles. The van der Waals surface area contributed by atoms with Crippen LogP contribution in [0, 0.1) is 11.3 Å². The molecule has 0 saturated carbocycles. The standard InChI is InChI=1S/C11H9ClF2N2O2/c1-2-18-8(17)3-7-10(12)9(11(13)14)6(4-15)5-16-7/h5,11H,2-3H2,1H3. The van der Waals surface area contributed by atoms with Crippen LogP contribution in [-0.2, 0) is 16.0 Å². The number of hydrogen-bond acceptors (Lipinski definition) is 4. The van der Waals surface area contributed by atoms with Crippen molar-refractivity contribution < 1.29 is 18.3 Å². The van der Waals surface area contributed by atoms with Gasteiger partial charge in [-0.25, -0.2) is 8.78 Å². The van der Waals surface area contributed by atoms with Crippen LogP contribution in [0.2, 0.25) is 5.02 Å². The van der Waals surface area contributed by atoms with E-state index < -0.39 is 18.0 Å². The third-order valence-electron chi connectivity index (χ3n) is 2.09. The van der Waals surface area contributed by atoms with Gasteiger partial charge in [0.15, 0.2) is 0 Å². The Morgan fingerprint density at radius 3 is 2.83 bits per heavy atom. The number of pyridine rings is 1. The predicted molar refractivity (Wildman–Crippen MR) is 59.3 cm³/mol. The van der Waals surface area contributed by atoms with Gasteiger partial charge in [0.2, 0.25) is 0 Å². The zero-order chi connectivity index (χ0) is 13.7. The number of hydrogen-bond donors (Lipinski definition) is 0. The molecule has 0 fully saturated rings. The van der Waals surface area contributed by atoms with Crippen molar-refractivity contribution in [2.45, 2.75) is 19.8 Å². The number of rotatable bonds is 4. The molecule has 4 nitrogen and oxygen atoms in total. The average molecular weight is 275 g/mol. The summed E-state index contributed by atoms with van der Waals surface area (Å²) in [6.07, 6.45) is -2.24. The zero-order valence-corrected chi connectivity index (χ0v) is 10.2. The molecule has 1 aromatic heterocycles. The molecule has 0 aliphatic carbocycles. The van der Waals surface area contributed by atoms with Crippen LogP contribution in [-0.4, -0.2) is 17.6 Å². The Bertz CT molecular complexity index is 501. The molecule has 0 amide bonds. The van der Waals surface area contributed by atoms with E-state index in [1.807, 2.05) is 0 Å². The molecule has 0 aliphatic heterocycles. The molecule has 96 valence electrons. The number of carbonyl (C=O) groups is 1. The van der Waals surface area contributed by atoms with E-state index in [0.29, 0.717) is 0 Å². The highest BCUT2D eigenvalue weighted by atomic mass is 35.5. The minimum absolute atomic E-state index is 0.0237. The lowest BCUT2D eigenvalue weighted by molar-refractivity contribution is -0.142. The fraction of sp³-hybridized carbons (Fsp3) is 0.364. The molecule has 0 aliphatic rings. The van der Waals surface area contributed by atoms with Crippen molar-refractivity contribution in [3.63, 3.8) is 0 Å². The van der Waals surface area contributed by atoms with Crippen molar-refractivity contribution in [2.75, 3.05) is 6.61 Å². The predicted octanol–water partition coefficient (Wildman–Crippen LogP) is 2.65. The molecule has 0 bridgehead atoms. The van der Waals surface area contributed by atoms with E-state index in [0.717, 1.165) is 6.20 Å². The Morgan fingerprint density at radius 1 is 1.67 bits per heavy atom. The second-order valence-electron chi connectivity index (χ2n) is 3.24. The van der Waals surface area contributed by atoms with Gasteiger partial charge < -0.3 is 4.74 Å². The van der Waals surface area contributed by atoms with Crippen molar-refractivity contribution in [2.24, 2.45) is 0 Å². The summed E-state index contributed by atoms with van der Waals surface area (Å²) in [7, 11) is 0. The van der Waals surface area contributed by atoms with Gasteiger partial charge in [0.05, 0.1) is 34.9 Å². The van der Waals surface area contributed by atoms with Gasteiger partial charge in [-0.1, -0.05) is 11.6 Å². The molecule has 18 heavy (non-hydrogen) atoms. The molecule has 1 heterocycles. The van der Waals surface area contributed by atoms with E-state index >= 15 is 0 Å². The molecule has 1 rings (SSSR count). The van der Waals surface area contributed by atoms with Crippen LogP contribution in [0.25, 0.3) is 0 Å². The molecule has 1 aromatic rings. The number of carbonyl (C=O) groups excluding carboxylic acids is 1. The van der Waals surface area contributed by atoms with E-state index in [1.54, 1.807) is 13.0 Å². The minimum atomic E-state index is -2.91. The molecular weight excluding hydrogens is 266 g/mol. The van der Waals surface area contributed by atoms with Crippen molar-refractivity contribution in [1.29, 1.82) is 5.26 Å². The SMILES string of the molecule is CCOC(=O)Cc1ncc(C#N)c(C(F)F)c1Cl. The molecule has 0 spiro atoms. The summed E-state index contributed by atoms with van der Waals surface area (Å²) in [5.74, 6) is -0.614. The lowest BCUT2D eigenvalue weighted by Gasteiger charge is -2.09. The average Bonchev–Trinajstić information content (AvgIpc) is 2.31. The Balaban J connectivity index is 3.13. The lowest BCUT2D eigenvalue weighted by Crippen LogP contribution is -2.10. The molecule has 0 unspecified atom stereocenters. The maximum Gasteiger partial charge on any atom is 0.311 e.